The van der Waals surface area contributed by atoms with Gasteiger partial charge in [0.1, 0.15) is 48.8 Å². The Bertz CT molecular complexity index is 1270. The van der Waals surface area contributed by atoms with Crippen LogP contribution in [-0.2, 0) is 68.3 Å². The van der Waals surface area contributed by atoms with Crippen molar-refractivity contribution < 1.29 is 99.1 Å². The van der Waals surface area contributed by atoms with Crippen molar-refractivity contribution in [2.24, 2.45) is 0 Å². The molecule has 2 aliphatic rings. The lowest BCUT2D eigenvalue weighted by molar-refractivity contribution is -0.338. The highest BCUT2D eigenvalue weighted by molar-refractivity contribution is 7.83. The molecule has 0 aliphatic carbocycles. The Balaban J connectivity index is 2.53. The standard InChI is InChI=1S/C12H23NO22S4/c14-6-3(1-30-37(21,22)23)33-12(5(13-36(18,19)20)10(6)35-39(27,28)29)34-9-4(2-31-38(24,25)26)32-11(17)8(16)7(9)15/h3-17H,1-2H2,(H,18,19,20)(H,21,22,23)(H,24,25,26)(H,27,28,29)/t3-,4-,5-,6-,7-,8-,9-,10-,11-,12-/m1/s1. The van der Waals surface area contributed by atoms with Crippen LogP contribution >= 0.6 is 0 Å². The molecule has 39 heavy (non-hydrogen) atoms. The Labute approximate surface area is 219 Å². The van der Waals surface area contributed by atoms with Crippen LogP contribution in [0.25, 0.3) is 0 Å². The van der Waals surface area contributed by atoms with E-state index in [1.807, 2.05) is 0 Å². The first kappa shape index (κ1) is 34.4. The minimum atomic E-state index is -5.59. The average molecular weight is 662 g/mol. The van der Waals surface area contributed by atoms with Gasteiger partial charge in [-0.25, -0.2) is 12.5 Å². The normalized spacial score (nSPS) is 37.0. The van der Waals surface area contributed by atoms with E-state index in [0.717, 1.165) is 0 Å². The summed E-state index contributed by atoms with van der Waals surface area (Å²) in [4.78, 5) is 0. The number of hydrogen-bond acceptors (Lipinski definition) is 18. The molecule has 2 saturated heterocycles. The molecule has 0 radical (unpaired) electrons. The molecule has 0 saturated carbocycles. The Morgan fingerprint density at radius 3 is 1.62 bits per heavy atom. The summed E-state index contributed by atoms with van der Waals surface area (Å²) in [5, 5.41) is 40.4. The van der Waals surface area contributed by atoms with Crippen LogP contribution in [0, 0.1) is 0 Å². The Hall–Kier alpha value is -0.800. The molecule has 9 N–H and O–H groups in total. The van der Waals surface area contributed by atoms with Crippen LogP contribution in [0.3, 0.4) is 0 Å². The summed E-state index contributed by atoms with van der Waals surface area (Å²) in [6.07, 6.45) is -20.5. The zero-order chi connectivity index (χ0) is 30.1. The number of aliphatic hydroxyl groups excluding tert-OH is 4. The molecule has 0 aromatic heterocycles. The lowest BCUT2D eigenvalue weighted by atomic mass is 9.96. The molecule has 27 heteroatoms. The van der Waals surface area contributed by atoms with Gasteiger partial charge in [-0.05, 0) is 0 Å². The molecule has 23 nitrogen and oxygen atoms in total. The molecule has 2 fully saturated rings. The lowest BCUT2D eigenvalue weighted by Crippen LogP contribution is -2.68. The van der Waals surface area contributed by atoms with E-state index < -0.39 is 116 Å². The number of ether oxygens (including phenoxy) is 3. The largest absolute Gasteiger partial charge is 0.397 e. The third kappa shape index (κ3) is 10.8. The molecule has 0 aromatic carbocycles. The summed E-state index contributed by atoms with van der Waals surface area (Å²) in [5.74, 6) is 0. The van der Waals surface area contributed by atoms with E-state index in [9.17, 15) is 58.7 Å². The van der Waals surface area contributed by atoms with E-state index in [-0.39, 0.29) is 0 Å². The predicted octanol–water partition coefficient (Wildman–Crippen LogP) is -6.52. The van der Waals surface area contributed by atoms with Crippen LogP contribution in [-0.4, -0.2) is 147 Å². The van der Waals surface area contributed by atoms with Crippen LogP contribution in [0.2, 0.25) is 0 Å². The smallest absolute Gasteiger partial charge is 0.387 e. The number of nitrogens with one attached hydrogen (secondary N) is 1. The summed E-state index contributed by atoms with van der Waals surface area (Å²) in [6.45, 7) is -2.64. The van der Waals surface area contributed by atoms with Crippen molar-refractivity contribution in [2.45, 2.75) is 61.3 Å². The third-order valence-electron chi connectivity index (χ3n) is 4.90. The molecule has 0 unspecified atom stereocenters. The molecule has 10 atom stereocenters. The maximum Gasteiger partial charge on any atom is 0.397 e. The molecule has 2 aliphatic heterocycles. The predicted molar refractivity (Wildman–Crippen MR) is 112 cm³/mol. The summed E-state index contributed by atoms with van der Waals surface area (Å²) in [7, 11) is -21.4. The van der Waals surface area contributed by atoms with Crippen LogP contribution in [0.4, 0.5) is 0 Å². The molecule has 232 valence electrons. The Morgan fingerprint density at radius 2 is 1.15 bits per heavy atom. The number of rotatable bonds is 12. The Kier molecular flexibility index (Phi) is 11.1. The average Bonchev–Trinajstić information content (AvgIpc) is 2.73. The molecular weight excluding hydrogens is 638 g/mol. The van der Waals surface area contributed by atoms with Crippen LogP contribution < -0.4 is 4.72 Å². The van der Waals surface area contributed by atoms with Gasteiger partial charge in [0, 0.05) is 0 Å². The van der Waals surface area contributed by atoms with E-state index in [1.54, 1.807) is 0 Å². The highest BCUT2D eigenvalue weighted by atomic mass is 32.3. The summed E-state index contributed by atoms with van der Waals surface area (Å²) in [5.41, 5.74) is 0. The van der Waals surface area contributed by atoms with Gasteiger partial charge in [-0.15, -0.1) is 0 Å². The molecule has 2 heterocycles. The SMILES string of the molecule is O=S(=O)(O)N[C@H]1[C@@H](O[C@H]2[C@H](O)[C@@H](O)[C@H](O)O[C@@H]2COS(=O)(=O)O)O[C@H](COS(=O)(=O)O)[C@@H](O)[C@@H]1OS(=O)(=O)O. The van der Waals surface area contributed by atoms with Gasteiger partial charge in [-0.3, -0.25) is 18.2 Å². The first-order valence-electron chi connectivity index (χ1n) is 9.80. The van der Waals surface area contributed by atoms with E-state index in [2.05, 4.69) is 12.5 Å². The minimum absolute atomic E-state index is 1.27. The van der Waals surface area contributed by atoms with E-state index in [0.29, 0.717) is 0 Å². The lowest BCUT2D eigenvalue weighted by Gasteiger charge is -2.47. The van der Waals surface area contributed by atoms with Gasteiger partial charge in [-0.1, -0.05) is 0 Å². The molecule has 2 rings (SSSR count). The fraction of sp³-hybridized carbons (Fsp3) is 1.00. The maximum absolute atomic E-state index is 11.5. The second-order valence-electron chi connectivity index (χ2n) is 7.71. The van der Waals surface area contributed by atoms with Crippen molar-refractivity contribution in [2.75, 3.05) is 13.2 Å². The first-order chi connectivity index (χ1) is 17.5. The Morgan fingerprint density at radius 1 is 0.641 bits per heavy atom. The highest BCUT2D eigenvalue weighted by Crippen LogP contribution is 2.31. The van der Waals surface area contributed by atoms with Gasteiger partial charge >= 0.3 is 41.5 Å². The number of hydrogen-bond donors (Lipinski definition) is 9. The van der Waals surface area contributed by atoms with E-state index >= 15 is 0 Å². The van der Waals surface area contributed by atoms with Crippen LogP contribution in [0.15, 0.2) is 0 Å². The summed E-state index contributed by atoms with van der Waals surface area (Å²) in [6, 6.07) is -2.45. The van der Waals surface area contributed by atoms with Gasteiger partial charge in [0.05, 0.1) is 13.2 Å². The molecule has 0 bridgehead atoms. The van der Waals surface area contributed by atoms with Crippen molar-refractivity contribution in [1.29, 1.82) is 0 Å². The maximum atomic E-state index is 11.5. The van der Waals surface area contributed by atoms with Gasteiger partial charge in [0.25, 0.3) is 0 Å². The summed E-state index contributed by atoms with van der Waals surface area (Å²) < 4.78 is 154. The van der Waals surface area contributed by atoms with Crippen molar-refractivity contribution >= 4 is 41.5 Å². The van der Waals surface area contributed by atoms with Crippen LogP contribution in [0.1, 0.15) is 0 Å². The van der Waals surface area contributed by atoms with E-state index in [4.69, 9.17) is 27.9 Å². The number of aliphatic hydroxyl groups is 4. The van der Waals surface area contributed by atoms with Gasteiger partial charge in [-0.2, -0.15) is 38.4 Å². The van der Waals surface area contributed by atoms with Gasteiger partial charge in [0.2, 0.25) is 0 Å². The topological polar surface area (TPSA) is 366 Å². The van der Waals surface area contributed by atoms with Crippen molar-refractivity contribution in [3.05, 3.63) is 0 Å². The zero-order valence-corrected chi connectivity index (χ0v) is 21.9. The minimum Gasteiger partial charge on any atom is -0.387 e. The van der Waals surface area contributed by atoms with Gasteiger partial charge < -0.3 is 34.6 Å². The fourth-order valence-corrected chi connectivity index (χ4v) is 5.12. The molecule has 0 aromatic rings. The quantitative estimate of drug-likeness (QED) is 0.0877. The third-order valence-corrected chi connectivity index (χ3v) is 6.81. The molecular formula is C12H23NO22S4. The second kappa shape index (κ2) is 12.6. The summed E-state index contributed by atoms with van der Waals surface area (Å²) >= 11 is 0. The first-order valence-corrected chi connectivity index (χ1v) is 15.3. The monoisotopic (exact) mass is 661 g/mol. The highest BCUT2D eigenvalue weighted by Gasteiger charge is 2.53. The fourth-order valence-electron chi connectivity index (χ4n) is 3.41. The van der Waals surface area contributed by atoms with Crippen molar-refractivity contribution in [3.63, 3.8) is 0 Å². The molecule has 0 amide bonds. The van der Waals surface area contributed by atoms with Crippen molar-refractivity contribution in [1.82, 2.24) is 4.72 Å². The van der Waals surface area contributed by atoms with E-state index in [1.165, 1.54) is 4.72 Å². The second-order valence-corrected chi connectivity index (χ2v) is 12.1. The van der Waals surface area contributed by atoms with Gasteiger partial charge in [0.15, 0.2) is 12.6 Å². The zero-order valence-electron chi connectivity index (χ0n) is 18.6. The van der Waals surface area contributed by atoms with Crippen molar-refractivity contribution in [3.8, 4) is 0 Å². The molecule has 0 spiro atoms. The van der Waals surface area contributed by atoms with Crippen LogP contribution in [0.5, 0.6) is 0 Å².